The predicted octanol–water partition coefficient (Wildman–Crippen LogP) is 15.0. The van der Waals surface area contributed by atoms with E-state index in [1.165, 1.54) is 71.9 Å². The maximum atomic E-state index is 10.1. The van der Waals surface area contributed by atoms with E-state index in [-0.39, 0.29) is 6.04 Å². The molecule has 3 heteroatoms. The maximum absolute atomic E-state index is 10.1. The van der Waals surface area contributed by atoms with Gasteiger partial charge in [-0.2, -0.15) is 5.26 Å². The maximum Gasteiger partial charge on any atom is 0.101 e. The van der Waals surface area contributed by atoms with Crippen LogP contribution in [0.4, 0.5) is 0 Å². The molecule has 9 aromatic carbocycles. The van der Waals surface area contributed by atoms with Gasteiger partial charge in [-0.3, -0.25) is 4.99 Å². The SMILES string of the molecule is N#Cc1ccc2c(c1)-c1ccccc1-c1ccccc1C1=C2C(c2ccc3c(c2)-c2ccccc2-c2ccccc2-c2cc(-n4c5ccccc5c5ccccc54)ccc2-3)N=C1. The van der Waals surface area contributed by atoms with Crippen molar-refractivity contribution in [1.82, 2.24) is 4.57 Å². The van der Waals surface area contributed by atoms with Gasteiger partial charge in [-0.15, -0.1) is 0 Å². The van der Waals surface area contributed by atoms with Gasteiger partial charge in [-0.25, -0.2) is 0 Å². The molecular formula is C59H35N3. The van der Waals surface area contributed by atoms with E-state index in [0.717, 1.165) is 50.2 Å². The smallest absolute Gasteiger partial charge is 0.101 e. The lowest BCUT2D eigenvalue weighted by Crippen LogP contribution is -2.05. The highest BCUT2D eigenvalue weighted by molar-refractivity contribution is 6.26. The number of rotatable bonds is 2. The summed E-state index contributed by atoms with van der Waals surface area (Å²) in [6, 6.07) is 74.8. The number of benzene rings is 9. The summed E-state index contributed by atoms with van der Waals surface area (Å²) in [6.45, 7) is 0. The Morgan fingerprint density at radius 1 is 0.387 bits per heavy atom. The minimum atomic E-state index is -0.262. The van der Waals surface area contributed by atoms with Crippen LogP contribution in [0.15, 0.2) is 205 Å². The second kappa shape index (κ2) is 13.3. The van der Waals surface area contributed by atoms with Crippen molar-refractivity contribution >= 4 is 39.2 Å². The zero-order chi connectivity index (χ0) is 40.9. The molecule has 2 aliphatic carbocycles. The average molecular weight is 786 g/mol. The lowest BCUT2D eigenvalue weighted by atomic mass is 9.77. The van der Waals surface area contributed by atoms with Crippen molar-refractivity contribution in [3.8, 4) is 78.5 Å². The minimum Gasteiger partial charge on any atom is -0.309 e. The van der Waals surface area contributed by atoms with Gasteiger partial charge in [0.1, 0.15) is 6.04 Å². The van der Waals surface area contributed by atoms with Crippen molar-refractivity contribution in [3.05, 3.63) is 222 Å². The van der Waals surface area contributed by atoms with Crippen LogP contribution < -0.4 is 0 Å². The normalized spacial score (nSPS) is 14.1. The van der Waals surface area contributed by atoms with E-state index in [4.69, 9.17) is 4.99 Å². The summed E-state index contributed by atoms with van der Waals surface area (Å²) in [6.07, 6.45) is 2.08. The van der Waals surface area contributed by atoms with E-state index in [1.54, 1.807) is 0 Å². The van der Waals surface area contributed by atoms with E-state index in [9.17, 15) is 5.26 Å². The molecule has 0 N–H and O–H groups in total. The predicted molar refractivity (Wildman–Crippen MR) is 256 cm³/mol. The summed E-state index contributed by atoms with van der Waals surface area (Å²) in [5.41, 5.74) is 23.9. The molecule has 0 spiro atoms. The summed E-state index contributed by atoms with van der Waals surface area (Å²) in [5.74, 6) is 0. The molecule has 3 nitrogen and oxygen atoms in total. The number of aliphatic imine (C=N–C) groups is 1. The number of nitrogens with zero attached hydrogens (tertiary/aromatic N) is 3. The molecule has 1 atom stereocenters. The van der Waals surface area contributed by atoms with Crippen LogP contribution in [0.1, 0.15) is 28.3 Å². The third-order valence-corrected chi connectivity index (χ3v) is 13.3. The fourth-order valence-electron chi connectivity index (χ4n) is 10.6. The van der Waals surface area contributed by atoms with Crippen molar-refractivity contribution in [2.45, 2.75) is 6.04 Å². The molecule has 1 unspecified atom stereocenters. The van der Waals surface area contributed by atoms with Crippen LogP contribution in [-0.2, 0) is 0 Å². The van der Waals surface area contributed by atoms with Crippen LogP contribution in [-0.4, -0.2) is 10.8 Å². The second-order valence-electron chi connectivity index (χ2n) is 16.5. The van der Waals surface area contributed by atoms with Crippen molar-refractivity contribution in [1.29, 1.82) is 5.26 Å². The van der Waals surface area contributed by atoms with E-state index >= 15 is 0 Å². The van der Waals surface area contributed by atoms with Gasteiger partial charge in [0, 0.05) is 28.2 Å². The largest absolute Gasteiger partial charge is 0.309 e. The Hall–Kier alpha value is -8.32. The molecule has 286 valence electrons. The van der Waals surface area contributed by atoms with Crippen molar-refractivity contribution in [2.24, 2.45) is 4.99 Å². The van der Waals surface area contributed by atoms with Crippen molar-refractivity contribution in [3.63, 3.8) is 0 Å². The molecule has 1 aromatic heterocycles. The van der Waals surface area contributed by atoms with E-state index in [0.29, 0.717) is 5.56 Å². The summed E-state index contributed by atoms with van der Waals surface area (Å²) >= 11 is 0. The average Bonchev–Trinajstić information content (AvgIpc) is 3.93. The molecule has 0 fully saturated rings. The lowest BCUT2D eigenvalue weighted by molar-refractivity contribution is 0.956. The van der Waals surface area contributed by atoms with Gasteiger partial charge in [0.25, 0.3) is 0 Å². The number of para-hydroxylation sites is 2. The molecule has 62 heavy (non-hydrogen) atoms. The molecule has 0 radical (unpaired) electrons. The fraction of sp³-hybridized carbons (Fsp3) is 0.0169. The number of hydrogen-bond acceptors (Lipinski definition) is 2. The van der Waals surface area contributed by atoms with Crippen LogP contribution in [0, 0.1) is 11.3 Å². The van der Waals surface area contributed by atoms with Gasteiger partial charge < -0.3 is 4.57 Å². The Morgan fingerprint density at radius 3 is 1.40 bits per heavy atom. The Labute approximate surface area is 359 Å². The van der Waals surface area contributed by atoms with Gasteiger partial charge in [-0.05, 0) is 131 Å². The summed E-state index contributed by atoms with van der Waals surface area (Å²) in [7, 11) is 0. The third kappa shape index (κ3) is 4.95. The number of hydrogen-bond donors (Lipinski definition) is 0. The van der Waals surface area contributed by atoms with Crippen LogP contribution in [0.2, 0.25) is 0 Å². The summed E-state index contributed by atoms with van der Waals surface area (Å²) < 4.78 is 2.41. The number of allylic oxidation sites excluding steroid dienone is 1. The standard InChI is InChI=1S/C59H35N3/c60-34-36-25-28-51-52(31-36)43-17-5-1-15-41(43)42-16-4-8-20-46(42)55-35-61-59(58(51)55)37-26-29-47-48-30-27-38(62-56-23-11-9-21-49(56)50-22-10-12-24-57(50)62)33-54(48)45-19-7-3-14-40(45)39-13-2-6-18-44(39)53(47)32-37/h1-33,35,59H. The molecule has 0 saturated carbocycles. The monoisotopic (exact) mass is 785 g/mol. The van der Waals surface area contributed by atoms with E-state index in [1.807, 2.05) is 6.07 Å². The van der Waals surface area contributed by atoms with Gasteiger partial charge in [0.15, 0.2) is 0 Å². The highest BCUT2D eigenvalue weighted by atomic mass is 15.0. The first kappa shape index (κ1) is 34.5. The topological polar surface area (TPSA) is 41.1 Å². The molecule has 2 heterocycles. The number of aromatic nitrogens is 1. The number of nitriles is 1. The summed E-state index contributed by atoms with van der Waals surface area (Å²) in [5, 5.41) is 12.6. The fourth-order valence-corrected chi connectivity index (χ4v) is 10.6. The molecule has 10 aromatic rings. The zero-order valence-electron chi connectivity index (χ0n) is 33.5. The van der Waals surface area contributed by atoms with Crippen molar-refractivity contribution in [2.75, 3.05) is 0 Å². The molecule has 0 amide bonds. The summed E-state index contributed by atoms with van der Waals surface area (Å²) in [4.78, 5) is 5.39. The highest BCUT2D eigenvalue weighted by Crippen LogP contribution is 2.53. The molecule has 0 saturated heterocycles. The first-order valence-electron chi connectivity index (χ1n) is 21.2. The van der Waals surface area contributed by atoms with Crippen LogP contribution in [0.5, 0.6) is 0 Å². The Morgan fingerprint density at radius 2 is 0.823 bits per heavy atom. The molecule has 3 aliphatic rings. The number of fused-ring (bicyclic) bond motifs is 18. The van der Waals surface area contributed by atoms with Crippen molar-refractivity contribution < 1.29 is 0 Å². The molecule has 0 bridgehead atoms. The van der Waals surface area contributed by atoms with Crippen LogP contribution in [0.3, 0.4) is 0 Å². The minimum absolute atomic E-state index is 0.262. The Kier molecular flexibility index (Phi) is 7.43. The van der Waals surface area contributed by atoms with E-state index < -0.39 is 0 Å². The molecular weight excluding hydrogens is 751 g/mol. The van der Waals surface area contributed by atoms with Gasteiger partial charge in [0.2, 0.25) is 0 Å². The first-order valence-corrected chi connectivity index (χ1v) is 21.2. The highest BCUT2D eigenvalue weighted by Gasteiger charge is 2.33. The van der Waals surface area contributed by atoms with Gasteiger partial charge in [0.05, 0.1) is 22.7 Å². The Balaban J connectivity index is 1.05. The molecule has 13 rings (SSSR count). The third-order valence-electron chi connectivity index (χ3n) is 13.3. The lowest BCUT2D eigenvalue weighted by Gasteiger charge is -2.26. The first-order chi connectivity index (χ1) is 30.7. The quantitative estimate of drug-likeness (QED) is 0.172. The van der Waals surface area contributed by atoms with Gasteiger partial charge >= 0.3 is 0 Å². The van der Waals surface area contributed by atoms with Crippen LogP contribution >= 0.6 is 0 Å². The van der Waals surface area contributed by atoms with Crippen LogP contribution in [0.25, 0.3) is 105 Å². The Bertz CT molecular complexity index is 3610. The zero-order valence-corrected chi connectivity index (χ0v) is 33.5. The molecule has 1 aliphatic heterocycles. The van der Waals surface area contributed by atoms with E-state index in [2.05, 4.69) is 211 Å². The second-order valence-corrected chi connectivity index (χ2v) is 16.5. The van der Waals surface area contributed by atoms with Gasteiger partial charge in [-0.1, -0.05) is 158 Å².